The number of amidine groups is 1. The first-order valence-corrected chi connectivity index (χ1v) is 11.9. The summed E-state index contributed by atoms with van der Waals surface area (Å²) < 4.78 is 5.19. The number of aromatic nitrogens is 1. The Labute approximate surface area is 210 Å². The number of nitrogens with one attached hydrogen (secondary N) is 1. The van der Waals surface area contributed by atoms with E-state index in [9.17, 15) is 9.59 Å². The second kappa shape index (κ2) is 10.0. The highest BCUT2D eigenvalue weighted by Crippen LogP contribution is 2.35. The van der Waals surface area contributed by atoms with E-state index >= 15 is 0 Å². The monoisotopic (exact) mass is 514 g/mol. The average molecular weight is 515 g/mol. The van der Waals surface area contributed by atoms with Crippen LogP contribution in [-0.2, 0) is 9.53 Å². The van der Waals surface area contributed by atoms with Crippen LogP contribution in [0, 0.1) is 0 Å². The van der Waals surface area contributed by atoms with Crippen LogP contribution < -0.4 is 10.2 Å². The Balaban J connectivity index is 1.66. The second-order valence-electron chi connectivity index (χ2n) is 7.47. The molecule has 0 aliphatic carbocycles. The molecular formula is C24H20Cl2N4O3S. The molecule has 1 aliphatic heterocycles. The Morgan fingerprint density at radius 1 is 1.21 bits per heavy atom. The Morgan fingerprint density at radius 2 is 1.94 bits per heavy atom. The Kier molecular flexibility index (Phi) is 7.11. The van der Waals surface area contributed by atoms with Crippen molar-refractivity contribution < 1.29 is 14.3 Å². The highest BCUT2D eigenvalue weighted by atomic mass is 35.5. The van der Waals surface area contributed by atoms with Gasteiger partial charge in [0, 0.05) is 25.7 Å². The smallest absolute Gasteiger partial charge is 0.341 e. The maximum atomic E-state index is 12.5. The molecule has 0 spiro atoms. The van der Waals surface area contributed by atoms with E-state index in [0.29, 0.717) is 37.1 Å². The van der Waals surface area contributed by atoms with Gasteiger partial charge in [-0.05, 0) is 54.6 Å². The van der Waals surface area contributed by atoms with Crippen LogP contribution in [-0.4, -0.2) is 42.7 Å². The van der Waals surface area contributed by atoms with Crippen LogP contribution in [0.4, 0.5) is 11.4 Å². The van der Waals surface area contributed by atoms with Crippen molar-refractivity contribution in [1.82, 2.24) is 4.98 Å². The van der Waals surface area contributed by atoms with Gasteiger partial charge in [0.2, 0.25) is 0 Å². The summed E-state index contributed by atoms with van der Waals surface area (Å²) in [4.78, 5) is 35.8. The Hall–Kier alpha value is -3.07. The molecule has 4 rings (SSSR count). The molecule has 3 aromatic rings. The number of nitrogens with zero attached hydrogens (tertiary/aromatic N) is 3. The van der Waals surface area contributed by atoms with Crippen molar-refractivity contribution in [2.75, 3.05) is 30.9 Å². The standard InChI is InChI=1S/C24H20Cl2N4O3S/c1-4-33-23(32)15-12-27-18-9-8-13(10-14(18)21(15)30(2)3)11-19-22(31)29-24(34-19)28-20-16(25)6-5-7-17(20)26/h5-12H,4H2,1-3H3,(H,28,29,31). The largest absolute Gasteiger partial charge is 0.462 e. The zero-order valence-corrected chi connectivity index (χ0v) is 20.9. The first kappa shape index (κ1) is 24.1. The summed E-state index contributed by atoms with van der Waals surface area (Å²) in [6.45, 7) is 2.03. The van der Waals surface area contributed by atoms with E-state index in [-0.39, 0.29) is 12.5 Å². The summed E-state index contributed by atoms with van der Waals surface area (Å²) in [5, 5.41) is 5.03. The number of aliphatic imine (C=N–C) groups is 1. The lowest BCUT2D eigenvalue weighted by Gasteiger charge is -2.19. The minimum atomic E-state index is -0.437. The number of hydrogen-bond donors (Lipinski definition) is 1. The minimum absolute atomic E-state index is 0.269. The molecule has 1 N–H and O–H groups in total. The SMILES string of the molecule is CCOC(=O)c1cnc2ccc(C=C3SC(Nc4c(Cl)cccc4Cl)=NC3=O)cc2c1N(C)C. The minimum Gasteiger partial charge on any atom is -0.462 e. The van der Waals surface area contributed by atoms with Crippen LogP contribution in [0.5, 0.6) is 0 Å². The summed E-state index contributed by atoms with van der Waals surface area (Å²) in [7, 11) is 3.70. The molecule has 174 valence electrons. The number of fused-ring (bicyclic) bond motifs is 1. The number of hydrogen-bond acceptors (Lipinski definition) is 7. The fraction of sp³-hybridized carbons (Fsp3) is 0.167. The van der Waals surface area contributed by atoms with Gasteiger partial charge in [0.05, 0.1) is 38.4 Å². The molecule has 7 nitrogen and oxygen atoms in total. The number of anilines is 2. The van der Waals surface area contributed by atoms with Gasteiger partial charge in [-0.3, -0.25) is 9.78 Å². The molecule has 10 heteroatoms. The van der Waals surface area contributed by atoms with E-state index in [1.54, 1.807) is 31.2 Å². The highest BCUT2D eigenvalue weighted by Gasteiger charge is 2.24. The lowest BCUT2D eigenvalue weighted by Crippen LogP contribution is -2.16. The van der Waals surface area contributed by atoms with Crippen LogP contribution >= 0.6 is 35.0 Å². The molecule has 0 fully saturated rings. The first-order valence-electron chi connectivity index (χ1n) is 10.3. The third kappa shape index (κ3) is 4.89. The third-order valence-electron chi connectivity index (χ3n) is 4.92. The molecule has 2 aromatic carbocycles. The van der Waals surface area contributed by atoms with Crippen molar-refractivity contribution in [1.29, 1.82) is 0 Å². The van der Waals surface area contributed by atoms with Gasteiger partial charge in [-0.1, -0.05) is 35.3 Å². The molecule has 0 saturated heterocycles. The van der Waals surface area contributed by atoms with Crippen molar-refractivity contribution >= 4 is 80.4 Å². The quantitative estimate of drug-likeness (QED) is 0.336. The van der Waals surface area contributed by atoms with E-state index in [1.165, 1.54) is 18.0 Å². The van der Waals surface area contributed by atoms with E-state index in [0.717, 1.165) is 16.5 Å². The second-order valence-corrected chi connectivity index (χ2v) is 9.31. The number of carbonyl (C=O) groups is 2. The van der Waals surface area contributed by atoms with Gasteiger partial charge in [-0.25, -0.2) is 4.79 Å². The summed E-state index contributed by atoms with van der Waals surface area (Å²) in [5.74, 6) is -0.810. The number of rotatable bonds is 5. The van der Waals surface area contributed by atoms with Crippen molar-refractivity contribution in [3.05, 3.63) is 68.7 Å². The summed E-state index contributed by atoms with van der Waals surface area (Å²) in [5.41, 5.74) is 3.05. The number of benzene rings is 2. The first-order chi connectivity index (χ1) is 16.3. The van der Waals surface area contributed by atoms with Gasteiger partial charge in [0.1, 0.15) is 5.56 Å². The number of amides is 1. The maximum Gasteiger partial charge on any atom is 0.341 e. The predicted octanol–water partition coefficient (Wildman–Crippen LogP) is 5.87. The van der Waals surface area contributed by atoms with Gasteiger partial charge < -0.3 is 15.0 Å². The number of para-hydroxylation sites is 1. The van der Waals surface area contributed by atoms with Crippen LogP contribution in [0.2, 0.25) is 10.0 Å². The molecule has 1 aliphatic rings. The van der Waals surface area contributed by atoms with Crippen molar-refractivity contribution in [3.8, 4) is 0 Å². The lowest BCUT2D eigenvalue weighted by atomic mass is 10.1. The number of halogens is 2. The van der Waals surface area contributed by atoms with E-state index in [4.69, 9.17) is 27.9 Å². The average Bonchev–Trinajstić information content (AvgIpc) is 3.14. The third-order valence-corrected chi connectivity index (χ3v) is 6.45. The van der Waals surface area contributed by atoms with Gasteiger partial charge >= 0.3 is 5.97 Å². The van der Waals surface area contributed by atoms with Crippen LogP contribution in [0.25, 0.3) is 17.0 Å². The van der Waals surface area contributed by atoms with E-state index < -0.39 is 5.97 Å². The van der Waals surface area contributed by atoms with Crippen LogP contribution in [0.15, 0.2) is 52.5 Å². The molecule has 0 radical (unpaired) electrons. The van der Waals surface area contributed by atoms with Gasteiger partial charge in [-0.2, -0.15) is 4.99 Å². The fourth-order valence-electron chi connectivity index (χ4n) is 3.46. The Bertz CT molecular complexity index is 1350. The Morgan fingerprint density at radius 3 is 2.62 bits per heavy atom. The number of carbonyl (C=O) groups excluding carboxylic acids is 2. The predicted molar refractivity (Wildman–Crippen MR) is 140 cm³/mol. The molecular weight excluding hydrogens is 495 g/mol. The molecule has 0 bridgehead atoms. The zero-order chi connectivity index (χ0) is 24.4. The fourth-order valence-corrected chi connectivity index (χ4v) is 4.77. The molecule has 0 saturated carbocycles. The maximum absolute atomic E-state index is 12.5. The lowest BCUT2D eigenvalue weighted by molar-refractivity contribution is -0.113. The van der Waals surface area contributed by atoms with Crippen LogP contribution in [0.3, 0.4) is 0 Å². The van der Waals surface area contributed by atoms with E-state index in [2.05, 4.69) is 15.3 Å². The van der Waals surface area contributed by atoms with Gasteiger partial charge in [0.25, 0.3) is 5.91 Å². The molecule has 1 amide bonds. The van der Waals surface area contributed by atoms with Crippen LogP contribution in [0.1, 0.15) is 22.8 Å². The van der Waals surface area contributed by atoms with Gasteiger partial charge in [-0.15, -0.1) is 0 Å². The topological polar surface area (TPSA) is 83.9 Å². The van der Waals surface area contributed by atoms with Crippen molar-refractivity contribution in [2.45, 2.75) is 6.92 Å². The molecule has 0 atom stereocenters. The molecule has 34 heavy (non-hydrogen) atoms. The molecule has 1 aromatic heterocycles. The normalized spacial score (nSPS) is 14.4. The number of pyridine rings is 1. The molecule has 0 unspecified atom stereocenters. The van der Waals surface area contributed by atoms with Gasteiger partial charge in [0.15, 0.2) is 5.17 Å². The zero-order valence-electron chi connectivity index (χ0n) is 18.6. The highest BCUT2D eigenvalue weighted by molar-refractivity contribution is 8.18. The summed E-state index contributed by atoms with van der Waals surface area (Å²) >= 11 is 13.6. The summed E-state index contributed by atoms with van der Waals surface area (Å²) in [6, 6.07) is 10.7. The number of esters is 1. The number of thioether (sulfide) groups is 1. The van der Waals surface area contributed by atoms with Crippen molar-refractivity contribution in [2.24, 2.45) is 4.99 Å². The molecule has 2 heterocycles. The van der Waals surface area contributed by atoms with Crippen molar-refractivity contribution in [3.63, 3.8) is 0 Å². The summed E-state index contributed by atoms with van der Waals surface area (Å²) in [6.07, 6.45) is 3.27. The number of ether oxygens (including phenoxy) is 1. The van der Waals surface area contributed by atoms with E-state index in [1.807, 2.05) is 37.2 Å².